The summed E-state index contributed by atoms with van der Waals surface area (Å²) in [4.78, 5) is 39.9. The van der Waals surface area contributed by atoms with Crippen molar-refractivity contribution in [3.8, 4) is 0 Å². The third-order valence-electron chi connectivity index (χ3n) is 5.04. The first-order valence-electron chi connectivity index (χ1n) is 9.54. The number of hydrogen-bond acceptors (Lipinski definition) is 5. The Morgan fingerprint density at radius 1 is 1.07 bits per heavy atom. The maximum atomic E-state index is 12.8. The van der Waals surface area contributed by atoms with Gasteiger partial charge in [-0.3, -0.25) is 14.4 Å². The predicted octanol–water partition coefficient (Wildman–Crippen LogP) is 4.60. The first kappa shape index (κ1) is 20.3. The molecule has 8 heteroatoms. The Labute approximate surface area is 181 Å². The second kappa shape index (κ2) is 8.81. The van der Waals surface area contributed by atoms with Crippen molar-refractivity contribution in [3.63, 3.8) is 0 Å². The van der Waals surface area contributed by atoms with E-state index >= 15 is 0 Å². The number of benzene rings is 1. The van der Waals surface area contributed by atoms with Crippen LogP contribution in [0.25, 0.3) is 0 Å². The first-order chi connectivity index (χ1) is 14.5. The summed E-state index contributed by atoms with van der Waals surface area (Å²) in [7, 11) is 0. The summed E-state index contributed by atoms with van der Waals surface area (Å²) in [5, 5.41) is 15.8. The molecule has 0 unspecified atom stereocenters. The van der Waals surface area contributed by atoms with Gasteiger partial charge in [0.05, 0.1) is 11.3 Å². The topological polar surface area (TPSA) is 86.7 Å². The molecule has 2 aromatic heterocycles. The van der Waals surface area contributed by atoms with Gasteiger partial charge in [0, 0.05) is 35.1 Å². The molecule has 0 bridgehead atoms. The number of amides is 2. The van der Waals surface area contributed by atoms with Crippen molar-refractivity contribution >= 4 is 51.8 Å². The minimum absolute atomic E-state index is 0.0357. The molecule has 3 heterocycles. The molecule has 154 valence electrons. The number of thiophene rings is 2. The number of aliphatic carboxylic acids is 1. The van der Waals surface area contributed by atoms with E-state index in [1.807, 2.05) is 53.2 Å². The molecule has 0 saturated heterocycles. The lowest BCUT2D eigenvalue weighted by Crippen LogP contribution is -2.28. The van der Waals surface area contributed by atoms with Crippen molar-refractivity contribution in [1.29, 1.82) is 0 Å². The summed E-state index contributed by atoms with van der Waals surface area (Å²) in [6, 6.07) is 13.0. The number of carbonyl (C=O) groups is 3. The van der Waals surface area contributed by atoms with Gasteiger partial charge in [0.2, 0.25) is 5.91 Å². The number of fused-ring (bicyclic) bond motifs is 1. The van der Waals surface area contributed by atoms with Crippen LogP contribution < -0.4 is 10.2 Å². The van der Waals surface area contributed by atoms with Gasteiger partial charge in [-0.1, -0.05) is 18.2 Å². The molecule has 2 N–H and O–H groups in total. The molecule has 1 aromatic carbocycles. The van der Waals surface area contributed by atoms with Gasteiger partial charge in [-0.05, 0) is 47.0 Å². The van der Waals surface area contributed by atoms with Crippen molar-refractivity contribution < 1.29 is 19.5 Å². The predicted molar refractivity (Wildman–Crippen MR) is 119 cm³/mol. The number of hydrogen-bond donors (Lipinski definition) is 2. The second-order valence-corrected chi connectivity index (χ2v) is 9.02. The van der Waals surface area contributed by atoms with E-state index in [0.29, 0.717) is 17.1 Å². The molecular weight excluding hydrogens is 420 g/mol. The summed E-state index contributed by atoms with van der Waals surface area (Å²) < 4.78 is 0. The lowest BCUT2D eigenvalue weighted by molar-refractivity contribution is -0.137. The maximum absolute atomic E-state index is 12.8. The molecule has 0 aliphatic carbocycles. The Bertz CT molecular complexity index is 1060. The smallest absolute Gasteiger partial charge is 0.304 e. The molecule has 0 spiro atoms. The van der Waals surface area contributed by atoms with Crippen molar-refractivity contribution in [2.75, 3.05) is 16.8 Å². The fourth-order valence-corrected chi connectivity index (χ4v) is 5.15. The van der Waals surface area contributed by atoms with Crippen LogP contribution in [0.15, 0.2) is 53.2 Å². The monoisotopic (exact) mass is 440 g/mol. The largest absolute Gasteiger partial charge is 0.481 e. The molecule has 1 aliphatic heterocycles. The quantitative estimate of drug-likeness (QED) is 0.562. The zero-order chi connectivity index (χ0) is 21.1. The number of nitrogens with zero attached hydrogens (tertiary/aromatic N) is 1. The van der Waals surface area contributed by atoms with Gasteiger partial charge in [-0.25, -0.2) is 0 Å². The van der Waals surface area contributed by atoms with Gasteiger partial charge in [0.15, 0.2) is 0 Å². The molecule has 6 nitrogen and oxygen atoms in total. The number of carboxylic acid groups (broad SMARTS) is 1. The van der Waals surface area contributed by atoms with Crippen molar-refractivity contribution in [2.24, 2.45) is 0 Å². The highest BCUT2D eigenvalue weighted by Gasteiger charge is 2.27. The van der Waals surface area contributed by atoms with Crippen LogP contribution in [-0.4, -0.2) is 29.4 Å². The van der Waals surface area contributed by atoms with Gasteiger partial charge in [-0.2, -0.15) is 0 Å². The van der Waals surface area contributed by atoms with E-state index in [2.05, 4.69) is 5.32 Å². The Morgan fingerprint density at radius 3 is 2.57 bits per heavy atom. The van der Waals surface area contributed by atoms with Crippen LogP contribution in [0.2, 0.25) is 0 Å². The second-order valence-electron chi connectivity index (χ2n) is 7.09. The molecule has 0 radical (unpaired) electrons. The number of carboxylic acids is 1. The standard InChI is InChI=1S/C22H20N2O4S2/c25-20(11-15(12-21(26)27)18-3-1-9-29-18)23-16-6-5-14-7-8-24(17(14)13-16)22(28)19-4-2-10-30-19/h1-6,9-10,13,15H,7-8,11-12H2,(H,23,25)(H,26,27)/t15-/m0/s1. The Morgan fingerprint density at radius 2 is 1.87 bits per heavy atom. The SMILES string of the molecule is O=C(O)C[C@H](CC(=O)Nc1ccc2c(c1)N(C(=O)c1cccs1)CC2)c1cccs1. The number of nitrogens with one attached hydrogen (secondary N) is 1. The fourth-order valence-electron chi connectivity index (χ4n) is 3.64. The molecule has 1 aliphatic rings. The molecule has 4 rings (SSSR count). The molecular formula is C22H20N2O4S2. The highest BCUT2D eigenvalue weighted by Crippen LogP contribution is 2.33. The summed E-state index contributed by atoms with van der Waals surface area (Å²) >= 11 is 2.86. The fraction of sp³-hybridized carbons (Fsp3) is 0.227. The van der Waals surface area contributed by atoms with E-state index in [0.717, 1.165) is 22.5 Å². The van der Waals surface area contributed by atoms with E-state index in [1.54, 1.807) is 4.90 Å². The van der Waals surface area contributed by atoms with Crippen LogP contribution >= 0.6 is 22.7 Å². The van der Waals surface area contributed by atoms with Gasteiger partial charge >= 0.3 is 5.97 Å². The zero-order valence-corrected chi connectivity index (χ0v) is 17.7. The van der Waals surface area contributed by atoms with Crippen molar-refractivity contribution in [1.82, 2.24) is 0 Å². The Kier molecular flexibility index (Phi) is 5.96. The molecule has 0 fully saturated rings. The number of anilines is 2. The normalized spacial score (nSPS) is 13.7. The lowest BCUT2D eigenvalue weighted by atomic mass is 9.99. The van der Waals surface area contributed by atoms with Crippen LogP contribution in [0, 0.1) is 0 Å². The third-order valence-corrected chi connectivity index (χ3v) is 6.93. The Balaban J connectivity index is 1.47. The average Bonchev–Trinajstić information content (AvgIpc) is 3.47. The molecule has 30 heavy (non-hydrogen) atoms. The van der Waals surface area contributed by atoms with E-state index in [-0.39, 0.29) is 30.6 Å². The molecule has 0 saturated carbocycles. The van der Waals surface area contributed by atoms with Gasteiger partial charge in [-0.15, -0.1) is 22.7 Å². The highest BCUT2D eigenvalue weighted by atomic mass is 32.1. The molecule has 2 amide bonds. The third kappa shape index (κ3) is 4.44. The van der Waals surface area contributed by atoms with Crippen LogP contribution in [-0.2, 0) is 16.0 Å². The van der Waals surface area contributed by atoms with Gasteiger partial charge < -0.3 is 15.3 Å². The maximum Gasteiger partial charge on any atom is 0.304 e. The minimum atomic E-state index is -0.929. The van der Waals surface area contributed by atoms with Crippen LogP contribution in [0.3, 0.4) is 0 Å². The van der Waals surface area contributed by atoms with Crippen LogP contribution in [0.4, 0.5) is 11.4 Å². The van der Waals surface area contributed by atoms with E-state index in [4.69, 9.17) is 0 Å². The Hall–Kier alpha value is -2.97. The average molecular weight is 441 g/mol. The zero-order valence-electron chi connectivity index (χ0n) is 16.0. The summed E-state index contributed by atoms with van der Waals surface area (Å²) in [5.74, 6) is -1.58. The van der Waals surface area contributed by atoms with Crippen LogP contribution in [0.1, 0.15) is 38.9 Å². The highest BCUT2D eigenvalue weighted by molar-refractivity contribution is 7.12. The summed E-state index contributed by atoms with van der Waals surface area (Å²) in [5.41, 5.74) is 2.48. The van der Waals surface area contributed by atoms with E-state index in [9.17, 15) is 19.5 Å². The first-order valence-corrected chi connectivity index (χ1v) is 11.3. The summed E-state index contributed by atoms with van der Waals surface area (Å²) in [6.45, 7) is 0.614. The van der Waals surface area contributed by atoms with Gasteiger partial charge in [0.25, 0.3) is 5.91 Å². The van der Waals surface area contributed by atoms with E-state index < -0.39 is 5.97 Å². The van der Waals surface area contributed by atoms with Gasteiger partial charge in [0.1, 0.15) is 0 Å². The number of rotatable bonds is 7. The summed E-state index contributed by atoms with van der Waals surface area (Å²) in [6.07, 6.45) is 0.767. The van der Waals surface area contributed by atoms with Crippen molar-refractivity contribution in [3.05, 3.63) is 68.5 Å². The lowest BCUT2D eigenvalue weighted by Gasteiger charge is -2.18. The van der Waals surface area contributed by atoms with Crippen LogP contribution in [0.5, 0.6) is 0 Å². The number of carbonyl (C=O) groups excluding carboxylic acids is 2. The molecule has 1 atom stereocenters. The minimum Gasteiger partial charge on any atom is -0.481 e. The van der Waals surface area contributed by atoms with Crippen molar-refractivity contribution in [2.45, 2.75) is 25.2 Å². The van der Waals surface area contributed by atoms with E-state index in [1.165, 1.54) is 22.7 Å². The molecule has 3 aromatic rings.